The van der Waals surface area contributed by atoms with E-state index in [4.69, 9.17) is 5.26 Å². The van der Waals surface area contributed by atoms with Gasteiger partial charge in [0.1, 0.15) is 9.84 Å². The maximum Gasteiger partial charge on any atom is 0.150 e. The van der Waals surface area contributed by atoms with Crippen molar-refractivity contribution in [1.29, 1.82) is 5.26 Å². The van der Waals surface area contributed by atoms with Gasteiger partial charge >= 0.3 is 0 Å². The Kier molecular flexibility index (Phi) is 8.15. The van der Waals surface area contributed by atoms with Crippen LogP contribution < -0.4 is 5.32 Å². The molecule has 30 heavy (non-hydrogen) atoms. The van der Waals surface area contributed by atoms with Gasteiger partial charge < -0.3 is 15.1 Å². The van der Waals surface area contributed by atoms with Crippen molar-refractivity contribution < 1.29 is 8.42 Å². The number of piperidine rings is 1. The van der Waals surface area contributed by atoms with Gasteiger partial charge in [0.2, 0.25) is 0 Å². The van der Waals surface area contributed by atoms with Crippen molar-refractivity contribution in [1.82, 2.24) is 9.80 Å². The predicted molar refractivity (Wildman–Crippen MR) is 122 cm³/mol. The van der Waals surface area contributed by atoms with E-state index in [1.54, 1.807) is 6.92 Å². The van der Waals surface area contributed by atoms with E-state index in [0.717, 1.165) is 51.3 Å². The van der Waals surface area contributed by atoms with Crippen molar-refractivity contribution in [3.63, 3.8) is 0 Å². The molecule has 6 nitrogen and oxygen atoms in total. The summed E-state index contributed by atoms with van der Waals surface area (Å²) < 4.78 is 23.5. The number of hydrogen-bond acceptors (Lipinski definition) is 6. The normalized spacial score (nSPS) is 24.1. The maximum atomic E-state index is 11.7. The molecule has 0 radical (unpaired) electrons. The summed E-state index contributed by atoms with van der Waals surface area (Å²) in [6.45, 7) is 6.99. The van der Waals surface area contributed by atoms with Gasteiger partial charge in [0, 0.05) is 37.1 Å². The van der Waals surface area contributed by atoms with Gasteiger partial charge in [-0.3, -0.25) is 0 Å². The van der Waals surface area contributed by atoms with Crippen LogP contribution in [0, 0.1) is 23.2 Å². The van der Waals surface area contributed by atoms with E-state index in [0.29, 0.717) is 29.2 Å². The summed E-state index contributed by atoms with van der Waals surface area (Å²) in [5.74, 6) is 1.99. The first-order chi connectivity index (χ1) is 14.4. The minimum atomic E-state index is -2.86. The first-order valence-electron chi connectivity index (χ1n) is 11.3. The number of hydrogen-bond donors (Lipinski definition) is 1. The second-order valence-electron chi connectivity index (χ2n) is 8.89. The van der Waals surface area contributed by atoms with Crippen LogP contribution in [-0.4, -0.2) is 75.5 Å². The van der Waals surface area contributed by atoms with Crippen LogP contribution in [-0.2, 0) is 9.84 Å². The Morgan fingerprint density at radius 3 is 2.43 bits per heavy atom. The number of rotatable bonds is 11. The molecule has 1 N–H and O–H groups in total. The third kappa shape index (κ3) is 6.19. The zero-order valence-electron chi connectivity index (χ0n) is 18.4. The number of nitrogens with zero attached hydrogens (tertiary/aromatic N) is 3. The molecule has 7 heteroatoms. The Morgan fingerprint density at radius 1 is 1.17 bits per heavy atom. The van der Waals surface area contributed by atoms with Crippen molar-refractivity contribution >= 4 is 15.5 Å². The highest BCUT2D eigenvalue weighted by Gasteiger charge is 2.43. The van der Waals surface area contributed by atoms with Crippen molar-refractivity contribution in [2.75, 3.05) is 56.6 Å². The van der Waals surface area contributed by atoms with E-state index < -0.39 is 9.84 Å². The first kappa shape index (κ1) is 23.1. The van der Waals surface area contributed by atoms with Gasteiger partial charge in [-0.05, 0) is 81.9 Å². The number of benzene rings is 1. The van der Waals surface area contributed by atoms with Crippen LogP contribution in [0.4, 0.5) is 5.69 Å². The zero-order valence-corrected chi connectivity index (χ0v) is 19.2. The summed E-state index contributed by atoms with van der Waals surface area (Å²) in [5, 5.41) is 12.3. The fourth-order valence-corrected chi connectivity index (χ4v) is 6.08. The van der Waals surface area contributed by atoms with Crippen LogP contribution in [0.1, 0.15) is 38.2 Å². The molecule has 1 aromatic carbocycles. The molecular formula is C23H36N4O2S. The SMILES string of the molecule is CCS(=O)(=O)CCCN(C)C1C2CCC1CN(CCCNc1ccc(C#N)cc1)C2. The highest BCUT2D eigenvalue weighted by molar-refractivity contribution is 7.91. The average molecular weight is 433 g/mol. The molecule has 2 fully saturated rings. The van der Waals surface area contributed by atoms with Crippen LogP contribution in [0.25, 0.3) is 0 Å². The molecular weight excluding hydrogens is 396 g/mol. The first-order valence-corrected chi connectivity index (χ1v) is 13.1. The fraction of sp³-hybridized carbons (Fsp3) is 0.696. The molecule has 2 unspecified atom stereocenters. The third-order valence-corrected chi connectivity index (χ3v) is 8.56. The Bertz CT molecular complexity index is 805. The van der Waals surface area contributed by atoms with Gasteiger partial charge in [-0.2, -0.15) is 5.26 Å². The van der Waals surface area contributed by atoms with E-state index in [-0.39, 0.29) is 5.75 Å². The quantitative estimate of drug-likeness (QED) is 0.542. The molecule has 1 saturated carbocycles. The van der Waals surface area contributed by atoms with Crippen LogP contribution in [0.5, 0.6) is 0 Å². The van der Waals surface area contributed by atoms with Gasteiger partial charge in [-0.1, -0.05) is 6.92 Å². The molecule has 0 spiro atoms. The lowest BCUT2D eigenvalue weighted by Crippen LogP contribution is -2.52. The van der Waals surface area contributed by atoms with Gasteiger partial charge in [0.25, 0.3) is 0 Å². The fourth-order valence-electron chi connectivity index (χ4n) is 5.22. The molecule has 1 aliphatic heterocycles. The van der Waals surface area contributed by atoms with Crippen molar-refractivity contribution in [3.05, 3.63) is 29.8 Å². The maximum absolute atomic E-state index is 11.7. The lowest BCUT2D eigenvalue weighted by atomic mass is 9.90. The minimum Gasteiger partial charge on any atom is -0.385 e. The van der Waals surface area contributed by atoms with Crippen molar-refractivity contribution in [2.24, 2.45) is 11.8 Å². The topological polar surface area (TPSA) is 76.4 Å². The highest BCUT2D eigenvalue weighted by atomic mass is 32.2. The predicted octanol–water partition coefficient (Wildman–Crippen LogP) is 2.83. The van der Waals surface area contributed by atoms with E-state index in [1.165, 1.54) is 12.8 Å². The summed E-state index contributed by atoms with van der Waals surface area (Å²) >= 11 is 0. The standard InChI is InChI=1S/C23H36N4O2S/c1-3-30(28,29)15-5-13-26(2)23-20-8-9-21(23)18-27(17-20)14-4-12-25-22-10-6-19(16-24)7-11-22/h6-7,10-11,20-21,23,25H,3-5,8-9,12-15,17-18H2,1-2H3. The molecule has 0 aromatic heterocycles. The molecule has 1 saturated heterocycles. The molecule has 2 aliphatic rings. The summed E-state index contributed by atoms with van der Waals surface area (Å²) in [7, 11) is -0.671. The van der Waals surface area contributed by atoms with Gasteiger partial charge in [0.05, 0.1) is 17.4 Å². The smallest absolute Gasteiger partial charge is 0.150 e. The van der Waals surface area contributed by atoms with Crippen molar-refractivity contribution in [2.45, 2.75) is 38.6 Å². The molecule has 1 heterocycles. The van der Waals surface area contributed by atoms with Crippen molar-refractivity contribution in [3.8, 4) is 6.07 Å². The average Bonchev–Trinajstić information content (AvgIpc) is 3.02. The molecule has 1 aromatic rings. The number of nitrogens with one attached hydrogen (secondary N) is 1. The van der Waals surface area contributed by atoms with Crippen LogP contribution in [0.15, 0.2) is 24.3 Å². The van der Waals surface area contributed by atoms with Crippen LogP contribution in [0.3, 0.4) is 0 Å². The number of likely N-dealkylation sites (tertiary alicyclic amines) is 1. The lowest BCUT2D eigenvalue weighted by molar-refractivity contribution is 0.0621. The molecule has 3 rings (SSSR count). The highest BCUT2D eigenvalue weighted by Crippen LogP contribution is 2.39. The minimum absolute atomic E-state index is 0.250. The second-order valence-corrected chi connectivity index (χ2v) is 11.4. The molecule has 2 atom stereocenters. The summed E-state index contributed by atoms with van der Waals surface area (Å²) in [4.78, 5) is 5.06. The largest absolute Gasteiger partial charge is 0.385 e. The van der Waals surface area contributed by atoms with Gasteiger partial charge in [-0.15, -0.1) is 0 Å². The van der Waals surface area contributed by atoms with Crippen LogP contribution >= 0.6 is 0 Å². The van der Waals surface area contributed by atoms with Gasteiger partial charge in [-0.25, -0.2) is 8.42 Å². The summed E-state index contributed by atoms with van der Waals surface area (Å²) in [6, 6.07) is 10.4. The van der Waals surface area contributed by atoms with E-state index in [2.05, 4.69) is 28.2 Å². The Hall–Kier alpha value is -1.62. The van der Waals surface area contributed by atoms with E-state index in [1.807, 2.05) is 24.3 Å². The van der Waals surface area contributed by atoms with E-state index >= 15 is 0 Å². The monoisotopic (exact) mass is 432 g/mol. The second kappa shape index (κ2) is 10.6. The number of sulfone groups is 1. The third-order valence-electron chi connectivity index (χ3n) is 6.77. The van der Waals surface area contributed by atoms with Crippen LogP contribution in [0.2, 0.25) is 0 Å². The van der Waals surface area contributed by atoms with E-state index in [9.17, 15) is 8.42 Å². The Balaban J connectivity index is 1.38. The zero-order chi connectivity index (χ0) is 21.6. The number of fused-ring (bicyclic) bond motifs is 2. The molecule has 1 aliphatic carbocycles. The lowest BCUT2D eigenvalue weighted by Gasteiger charge is -2.42. The summed E-state index contributed by atoms with van der Waals surface area (Å²) in [5.41, 5.74) is 1.76. The Labute approximate surface area is 182 Å². The Morgan fingerprint density at radius 2 is 1.83 bits per heavy atom. The molecule has 0 amide bonds. The number of anilines is 1. The number of nitriles is 1. The molecule has 2 bridgehead atoms. The van der Waals surface area contributed by atoms with Gasteiger partial charge in [0.15, 0.2) is 0 Å². The summed E-state index contributed by atoms with van der Waals surface area (Å²) in [6.07, 6.45) is 4.45. The molecule has 166 valence electrons.